The van der Waals surface area contributed by atoms with Crippen molar-refractivity contribution in [2.24, 2.45) is 5.73 Å². The smallest absolute Gasteiger partial charge is 0.324 e. The summed E-state index contributed by atoms with van der Waals surface area (Å²) in [5.41, 5.74) is 5.55. The number of nitrogens with zero attached hydrogens (tertiary/aromatic N) is 2. The Labute approximate surface area is 90.0 Å². The highest BCUT2D eigenvalue weighted by Gasteiger charge is 2.23. The topological polar surface area (TPSA) is 82.0 Å². The lowest BCUT2D eigenvalue weighted by molar-refractivity contribution is -0.384. The van der Waals surface area contributed by atoms with Crippen LogP contribution in [0.4, 0.5) is 5.69 Å². The van der Waals surface area contributed by atoms with Crippen LogP contribution >= 0.6 is 23.2 Å². The van der Waals surface area contributed by atoms with E-state index in [0.717, 1.165) is 0 Å². The summed E-state index contributed by atoms with van der Waals surface area (Å²) in [7, 11) is 0. The maximum atomic E-state index is 10.6. The van der Waals surface area contributed by atoms with Crippen molar-refractivity contribution < 1.29 is 4.92 Å². The van der Waals surface area contributed by atoms with Gasteiger partial charge in [0, 0.05) is 17.8 Å². The summed E-state index contributed by atoms with van der Waals surface area (Å²) >= 11 is 11.3. The van der Waals surface area contributed by atoms with Crippen molar-refractivity contribution in [1.29, 1.82) is 0 Å². The molecule has 7 heteroatoms. The van der Waals surface area contributed by atoms with Gasteiger partial charge >= 0.3 is 5.69 Å². The van der Waals surface area contributed by atoms with Gasteiger partial charge in [-0.1, -0.05) is 23.2 Å². The van der Waals surface area contributed by atoms with Crippen LogP contribution in [0, 0.1) is 10.1 Å². The van der Waals surface area contributed by atoms with Crippen LogP contribution in [0.1, 0.15) is 18.5 Å². The predicted octanol–water partition coefficient (Wildman–Crippen LogP) is 2.32. The summed E-state index contributed by atoms with van der Waals surface area (Å²) in [6, 6.07) is -0.425. The van der Waals surface area contributed by atoms with E-state index in [1.165, 1.54) is 6.20 Å². The number of hydrogen-bond donors (Lipinski definition) is 1. The van der Waals surface area contributed by atoms with Gasteiger partial charge in [-0.2, -0.15) is 0 Å². The van der Waals surface area contributed by atoms with Gasteiger partial charge in [-0.05, 0) is 6.92 Å². The first kappa shape index (κ1) is 11.2. The van der Waals surface area contributed by atoms with Crippen LogP contribution in [-0.4, -0.2) is 9.91 Å². The average Bonchev–Trinajstić information content (AvgIpc) is 2.02. The third-order valence-corrected chi connectivity index (χ3v) is 2.32. The second-order valence-electron chi connectivity index (χ2n) is 2.71. The molecule has 0 spiro atoms. The number of rotatable bonds is 2. The highest BCUT2D eigenvalue weighted by atomic mass is 35.5. The first-order chi connectivity index (χ1) is 6.45. The van der Waals surface area contributed by atoms with Crippen molar-refractivity contribution in [2.45, 2.75) is 13.0 Å². The molecule has 2 N–H and O–H groups in total. The van der Waals surface area contributed by atoms with Crippen molar-refractivity contribution in [1.82, 2.24) is 4.98 Å². The van der Waals surface area contributed by atoms with Crippen molar-refractivity contribution in [3.05, 3.63) is 32.1 Å². The van der Waals surface area contributed by atoms with Crippen LogP contribution in [0.2, 0.25) is 10.2 Å². The van der Waals surface area contributed by atoms with E-state index < -0.39 is 16.7 Å². The lowest BCUT2D eigenvalue weighted by Gasteiger charge is -2.07. The van der Waals surface area contributed by atoms with Crippen LogP contribution in [0.5, 0.6) is 0 Å². The zero-order valence-corrected chi connectivity index (χ0v) is 8.71. The summed E-state index contributed by atoms with van der Waals surface area (Å²) in [4.78, 5) is 13.5. The zero-order valence-electron chi connectivity index (χ0n) is 7.20. The molecule has 0 saturated carbocycles. The van der Waals surface area contributed by atoms with Gasteiger partial charge in [0.05, 0.1) is 4.92 Å². The van der Waals surface area contributed by atoms with Gasteiger partial charge in [-0.3, -0.25) is 10.1 Å². The molecule has 14 heavy (non-hydrogen) atoms. The molecule has 0 radical (unpaired) electrons. The van der Waals surface area contributed by atoms with Crippen LogP contribution in [-0.2, 0) is 0 Å². The summed E-state index contributed by atoms with van der Waals surface area (Å²) < 4.78 is 0. The third kappa shape index (κ3) is 1.95. The Morgan fingerprint density at radius 1 is 1.64 bits per heavy atom. The van der Waals surface area contributed by atoms with Crippen LogP contribution in [0.3, 0.4) is 0 Å². The molecule has 5 nitrogen and oxygen atoms in total. The number of aromatic nitrogens is 1. The van der Waals surface area contributed by atoms with Gasteiger partial charge in [0.2, 0.25) is 5.15 Å². The molecule has 1 rings (SSSR count). The largest absolute Gasteiger partial charge is 0.325 e. The number of pyridine rings is 1. The molecule has 1 aromatic rings. The van der Waals surface area contributed by atoms with E-state index >= 15 is 0 Å². The van der Waals surface area contributed by atoms with E-state index in [2.05, 4.69) is 4.98 Å². The van der Waals surface area contributed by atoms with Crippen LogP contribution < -0.4 is 5.73 Å². The summed E-state index contributed by atoms with van der Waals surface area (Å²) in [6.45, 7) is 1.65. The Morgan fingerprint density at radius 3 is 2.64 bits per heavy atom. The first-order valence-corrected chi connectivity index (χ1v) is 4.44. The minimum absolute atomic E-state index is 0.0509. The van der Waals surface area contributed by atoms with E-state index in [1.54, 1.807) is 6.92 Å². The Hall–Kier alpha value is -0.910. The molecule has 0 bridgehead atoms. The van der Waals surface area contributed by atoms with Gasteiger partial charge in [-0.25, -0.2) is 4.98 Å². The van der Waals surface area contributed by atoms with Crippen molar-refractivity contribution in [3.63, 3.8) is 0 Å². The van der Waals surface area contributed by atoms with Gasteiger partial charge in [0.15, 0.2) is 0 Å². The molecule has 76 valence electrons. The second-order valence-corrected chi connectivity index (χ2v) is 3.45. The van der Waals surface area contributed by atoms with Crippen molar-refractivity contribution in [2.75, 3.05) is 0 Å². The van der Waals surface area contributed by atoms with E-state index in [1.807, 2.05) is 0 Å². The van der Waals surface area contributed by atoms with E-state index in [9.17, 15) is 10.1 Å². The highest BCUT2D eigenvalue weighted by molar-refractivity contribution is 6.37. The molecular weight excluding hydrogens is 229 g/mol. The molecule has 1 heterocycles. The van der Waals surface area contributed by atoms with E-state index in [-0.39, 0.29) is 10.2 Å². The van der Waals surface area contributed by atoms with E-state index in [0.29, 0.717) is 5.56 Å². The normalized spacial score (nSPS) is 12.6. The minimum atomic E-state index is -0.677. The molecule has 0 saturated heterocycles. The number of nitrogens with two attached hydrogens (primary N) is 1. The maximum Gasteiger partial charge on any atom is 0.325 e. The molecule has 0 amide bonds. The van der Waals surface area contributed by atoms with Gasteiger partial charge in [0.1, 0.15) is 5.02 Å². The molecule has 0 aliphatic carbocycles. The Balaban J connectivity index is 3.41. The number of halogens is 2. The van der Waals surface area contributed by atoms with Gasteiger partial charge in [0.25, 0.3) is 0 Å². The quantitative estimate of drug-likeness (QED) is 0.485. The SMILES string of the molecule is C[C@@H](N)c1cnc(Cl)c([N+](=O)[O-])c1Cl. The Morgan fingerprint density at radius 2 is 2.21 bits per heavy atom. The van der Waals surface area contributed by atoms with E-state index in [4.69, 9.17) is 28.9 Å². The summed E-state index contributed by atoms with van der Waals surface area (Å²) in [6.07, 6.45) is 1.34. The molecule has 0 aromatic carbocycles. The Bertz CT molecular complexity index is 381. The summed E-state index contributed by atoms with van der Waals surface area (Å²) in [5, 5.41) is 10.3. The predicted molar refractivity (Wildman–Crippen MR) is 53.5 cm³/mol. The lowest BCUT2D eigenvalue weighted by Crippen LogP contribution is -2.07. The van der Waals surface area contributed by atoms with Crippen molar-refractivity contribution in [3.8, 4) is 0 Å². The third-order valence-electron chi connectivity index (χ3n) is 1.65. The molecular formula is C7H7Cl2N3O2. The fourth-order valence-corrected chi connectivity index (χ4v) is 1.58. The minimum Gasteiger partial charge on any atom is -0.324 e. The van der Waals surface area contributed by atoms with Crippen LogP contribution in [0.15, 0.2) is 6.20 Å². The molecule has 0 fully saturated rings. The van der Waals surface area contributed by atoms with Crippen LogP contribution in [0.25, 0.3) is 0 Å². The number of hydrogen-bond acceptors (Lipinski definition) is 4. The molecule has 1 atom stereocenters. The van der Waals surface area contributed by atoms with Gasteiger partial charge < -0.3 is 5.73 Å². The van der Waals surface area contributed by atoms with Gasteiger partial charge in [-0.15, -0.1) is 0 Å². The average molecular weight is 236 g/mol. The molecule has 0 aliphatic rings. The monoisotopic (exact) mass is 235 g/mol. The first-order valence-electron chi connectivity index (χ1n) is 3.69. The standard InChI is InChI=1S/C7H7Cl2N3O2/c1-3(10)4-2-11-7(9)6(5(4)8)12(13)14/h2-3H,10H2,1H3/t3-/m1/s1. The Kier molecular flexibility index (Phi) is 3.25. The molecule has 0 aliphatic heterocycles. The zero-order chi connectivity index (χ0) is 10.9. The number of nitro groups is 1. The highest BCUT2D eigenvalue weighted by Crippen LogP contribution is 2.35. The lowest BCUT2D eigenvalue weighted by atomic mass is 10.1. The fourth-order valence-electron chi connectivity index (χ4n) is 0.944. The second kappa shape index (κ2) is 4.08. The fraction of sp³-hybridized carbons (Fsp3) is 0.286. The molecule has 1 aromatic heterocycles. The summed E-state index contributed by atoms with van der Waals surface area (Å²) in [5.74, 6) is 0. The molecule has 0 unspecified atom stereocenters. The maximum absolute atomic E-state index is 10.6. The van der Waals surface area contributed by atoms with Crippen molar-refractivity contribution >= 4 is 28.9 Å².